The van der Waals surface area contributed by atoms with E-state index in [-0.39, 0.29) is 0 Å². The third-order valence-electron chi connectivity index (χ3n) is 2.10. The molecule has 1 aromatic heterocycles. The molecule has 2 nitrogen and oxygen atoms in total. The van der Waals surface area contributed by atoms with Crippen LogP contribution in [-0.4, -0.2) is 4.98 Å². The molecular formula is C12H12NO. The Kier molecular flexibility index (Phi) is 2.63. The molecule has 0 bridgehead atoms. The van der Waals surface area contributed by atoms with Gasteiger partial charge in [0.1, 0.15) is 6.26 Å². The van der Waals surface area contributed by atoms with Crippen LogP contribution in [0.4, 0.5) is 0 Å². The fourth-order valence-corrected chi connectivity index (χ4v) is 1.38. The molecule has 0 unspecified atom stereocenters. The number of oxazole rings is 1. The summed E-state index contributed by atoms with van der Waals surface area (Å²) >= 11 is 0. The highest BCUT2D eigenvalue weighted by atomic mass is 16.3. The lowest BCUT2D eigenvalue weighted by atomic mass is 10.1. The molecule has 2 heteroatoms. The second-order valence-electron chi connectivity index (χ2n) is 3.14. The molecule has 0 aliphatic carbocycles. The number of aromatic nitrogens is 1. The van der Waals surface area contributed by atoms with Crippen LogP contribution in [0.2, 0.25) is 0 Å². The largest absolute Gasteiger partial charge is 0.445 e. The number of hydrogen-bond acceptors (Lipinski definition) is 2. The Bertz CT molecular complexity index is 375. The van der Waals surface area contributed by atoms with E-state index in [4.69, 9.17) is 4.42 Å². The lowest BCUT2D eigenvalue weighted by molar-refractivity contribution is 0.574. The first-order chi connectivity index (χ1) is 6.90. The van der Waals surface area contributed by atoms with Gasteiger partial charge in [0.2, 0.25) is 5.89 Å². The van der Waals surface area contributed by atoms with Gasteiger partial charge in [0.15, 0.2) is 0 Å². The van der Waals surface area contributed by atoms with Crippen molar-refractivity contribution in [2.45, 2.75) is 12.8 Å². The summed E-state index contributed by atoms with van der Waals surface area (Å²) in [7, 11) is 0. The van der Waals surface area contributed by atoms with Crippen LogP contribution in [0.5, 0.6) is 0 Å². The van der Waals surface area contributed by atoms with E-state index in [1.54, 1.807) is 12.5 Å². The first-order valence-electron chi connectivity index (χ1n) is 4.68. The van der Waals surface area contributed by atoms with Crippen LogP contribution < -0.4 is 0 Å². The normalized spacial score (nSPS) is 10.4. The van der Waals surface area contributed by atoms with Gasteiger partial charge < -0.3 is 4.42 Å². The number of rotatable bonds is 3. The van der Waals surface area contributed by atoms with Gasteiger partial charge in [0, 0.05) is 5.56 Å². The van der Waals surface area contributed by atoms with Gasteiger partial charge in [-0.05, 0) is 30.5 Å². The predicted molar refractivity (Wildman–Crippen MR) is 55.6 cm³/mol. The fourth-order valence-electron chi connectivity index (χ4n) is 1.38. The highest BCUT2D eigenvalue weighted by Crippen LogP contribution is 2.17. The molecule has 2 aromatic rings. The van der Waals surface area contributed by atoms with Gasteiger partial charge in [-0.3, -0.25) is 0 Å². The Morgan fingerprint density at radius 2 is 2.00 bits per heavy atom. The van der Waals surface area contributed by atoms with Gasteiger partial charge in [-0.2, -0.15) is 0 Å². The van der Waals surface area contributed by atoms with Crippen LogP contribution >= 0.6 is 0 Å². The SMILES string of the molecule is [CH2]CCc1ccc(-c2ncco2)cc1. The third-order valence-corrected chi connectivity index (χ3v) is 2.10. The van der Waals surface area contributed by atoms with E-state index in [0.717, 1.165) is 18.4 Å². The molecule has 1 heterocycles. The topological polar surface area (TPSA) is 26.0 Å². The summed E-state index contributed by atoms with van der Waals surface area (Å²) in [5, 5.41) is 0. The Hall–Kier alpha value is -1.57. The maximum atomic E-state index is 5.20. The minimum Gasteiger partial charge on any atom is -0.445 e. The molecule has 0 aliphatic rings. The molecule has 1 aromatic carbocycles. The molecule has 71 valence electrons. The van der Waals surface area contributed by atoms with E-state index in [1.807, 2.05) is 12.1 Å². The van der Waals surface area contributed by atoms with E-state index in [9.17, 15) is 0 Å². The highest BCUT2D eigenvalue weighted by molar-refractivity contribution is 5.53. The lowest BCUT2D eigenvalue weighted by Gasteiger charge is -1.99. The quantitative estimate of drug-likeness (QED) is 0.736. The summed E-state index contributed by atoms with van der Waals surface area (Å²) in [6.07, 6.45) is 5.18. The molecule has 0 fully saturated rings. The number of hydrogen-bond donors (Lipinski definition) is 0. The number of benzene rings is 1. The average molecular weight is 186 g/mol. The second kappa shape index (κ2) is 4.09. The summed E-state index contributed by atoms with van der Waals surface area (Å²) < 4.78 is 5.20. The zero-order chi connectivity index (χ0) is 9.80. The molecule has 0 saturated heterocycles. The van der Waals surface area contributed by atoms with Crippen molar-refractivity contribution in [2.75, 3.05) is 0 Å². The van der Waals surface area contributed by atoms with Crippen LogP contribution in [0.1, 0.15) is 12.0 Å². The third kappa shape index (κ3) is 1.84. The minimum absolute atomic E-state index is 0.672. The standard InChI is InChI=1S/C12H12NO/c1-2-3-10-4-6-11(7-5-10)12-13-8-9-14-12/h4-9H,1-3H2. The van der Waals surface area contributed by atoms with Gasteiger partial charge in [0.25, 0.3) is 0 Å². The van der Waals surface area contributed by atoms with Crippen molar-refractivity contribution in [1.82, 2.24) is 4.98 Å². The van der Waals surface area contributed by atoms with Crippen molar-refractivity contribution < 1.29 is 4.42 Å². The van der Waals surface area contributed by atoms with Crippen molar-refractivity contribution >= 4 is 0 Å². The summed E-state index contributed by atoms with van der Waals surface area (Å²) in [4.78, 5) is 4.08. The van der Waals surface area contributed by atoms with Crippen molar-refractivity contribution in [3.63, 3.8) is 0 Å². The lowest BCUT2D eigenvalue weighted by Crippen LogP contribution is -1.83. The molecular weight excluding hydrogens is 174 g/mol. The van der Waals surface area contributed by atoms with E-state index in [2.05, 4.69) is 24.0 Å². The monoisotopic (exact) mass is 186 g/mol. The molecule has 0 amide bonds. The number of aryl methyl sites for hydroxylation is 1. The van der Waals surface area contributed by atoms with Gasteiger partial charge in [-0.25, -0.2) is 4.98 Å². The summed E-state index contributed by atoms with van der Waals surface area (Å²) in [6.45, 7) is 3.82. The second-order valence-corrected chi connectivity index (χ2v) is 3.14. The molecule has 0 saturated carbocycles. The summed E-state index contributed by atoms with van der Waals surface area (Å²) in [5.41, 5.74) is 2.32. The fraction of sp³-hybridized carbons (Fsp3) is 0.167. The summed E-state index contributed by atoms with van der Waals surface area (Å²) in [5.74, 6) is 0.672. The van der Waals surface area contributed by atoms with E-state index < -0.39 is 0 Å². The minimum atomic E-state index is 0.672. The van der Waals surface area contributed by atoms with Gasteiger partial charge in [-0.1, -0.05) is 19.1 Å². The van der Waals surface area contributed by atoms with Crippen LogP contribution in [-0.2, 0) is 6.42 Å². The van der Waals surface area contributed by atoms with Crippen molar-refractivity contribution in [3.05, 3.63) is 49.2 Å². The van der Waals surface area contributed by atoms with E-state index in [1.165, 1.54) is 5.56 Å². The smallest absolute Gasteiger partial charge is 0.225 e. The van der Waals surface area contributed by atoms with Gasteiger partial charge in [0.05, 0.1) is 6.20 Å². The Morgan fingerprint density at radius 3 is 2.57 bits per heavy atom. The van der Waals surface area contributed by atoms with Crippen LogP contribution in [0.25, 0.3) is 11.5 Å². The first-order valence-corrected chi connectivity index (χ1v) is 4.68. The highest BCUT2D eigenvalue weighted by Gasteiger charge is 2.00. The summed E-state index contributed by atoms with van der Waals surface area (Å²) in [6, 6.07) is 8.23. The van der Waals surface area contributed by atoms with Crippen LogP contribution in [0.15, 0.2) is 41.1 Å². The molecule has 0 atom stereocenters. The van der Waals surface area contributed by atoms with E-state index in [0.29, 0.717) is 5.89 Å². The Labute approximate surface area is 83.6 Å². The van der Waals surface area contributed by atoms with Crippen molar-refractivity contribution in [1.29, 1.82) is 0 Å². The zero-order valence-electron chi connectivity index (χ0n) is 7.94. The molecule has 2 rings (SSSR count). The Balaban J connectivity index is 2.22. The van der Waals surface area contributed by atoms with E-state index >= 15 is 0 Å². The zero-order valence-corrected chi connectivity index (χ0v) is 7.94. The number of nitrogens with zero attached hydrogens (tertiary/aromatic N) is 1. The predicted octanol–water partition coefficient (Wildman–Crippen LogP) is 3.11. The Morgan fingerprint density at radius 1 is 1.21 bits per heavy atom. The molecule has 1 radical (unpaired) electrons. The van der Waals surface area contributed by atoms with Crippen LogP contribution in [0, 0.1) is 6.92 Å². The average Bonchev–Trinajstić information content (AvgIpc) is 2.72. The van der Waals surface area contributed by atoms with Crippen LogP contribution in [0.3, 0.4) is 0 Å². The maximum Gasteiger partial charge on any atom is 0.225 e. The first kappa shape index (κ1) is 9.00. The van der Waals surface area contributed by atoms with Gasteiger partial charge in [-0.15, -0.1) is 0 Å². The molecule has 0 aliphatic heterocycles. The molecule has 0 spiro atoms. The maximum absolute atomic E-state index is 5.20. The molecule has 14 heavy (non-hydrogen) atoms. The van der Waals surface area contributed by atoms with Crippen molar-refractivity contribution in [2.24, 2.45) is 0 Å². The van der Waals surface area contributed by atoms with Crippen molar-refractivity contribution in [3.8, 4) is 11.5 Å². The molecule has 0 N–H and O–H groups in total. The van der Waals surface area contributed by atoms with Gasteiger partial charge >= 0.3 is 0 Å².